The Balaban J connectivity index is 2.97. The molecule has 0 aliphatic heterocycles. The van der Waals surface area contributed by atoms with E-state index in [0.29, 0.717) is 0 Å². The maximum Gasteiger partial charge on any atom is 0.416 e. The van der Waals surface area contributed by atoms with Gasteiger partial charge in [-0.1, -0.05) is 18.2 Å². The molecule has 17 heavy (non-hydrogen) atoms. The van der Waals surface area contributed by atoms with Crippen molar-refractivity contribution in [3.8, 4) is 0 Å². The van der Waals surface area contributed by atoms with Crippen molar-refractivity contribution in [1.29, 1.82) is 0 Å². The Morgan fingerprint density at radius 1 is 1.24 bits per heavy atom. The van der Waals surface area contributed by atoms with Gasteiger partial charge in [0.25, 0.3) is 0 Å². The first-order valence-electron chi connectivity index (χ1n) is 5.39. The minimum Gasteiger partial charge on any atom is -0.395 e. The van der Waals surface area contributed by atoms with Gasteiger partial charge < -0.3 is 10.4 Å². The Bertz CT molecular complexity index is 365. The lowest BCUT2D eigenvalue weighted by atomic mass is 10.0. The van der Waals surface area contributed by atoms with Gasteiger partial charge >= 0.3 is 6.18 Å². The Kier molecular flexibility index (Phi) is 4.54. The standard InChI is InChI=1S/C12H16F3NO/c1-8(7-17)16-9(2)10-5-3-4-6-11(10)12(13,14)15/h3-6,8-9,16-17H,7H2,1-2H3/t8-,9?/m1/s1. The summed E-state index contributed by atoms with van der Waals surface area (Å²) in [7, 11) is 0. The van der Waals surface area contributed by atoms with Crippen molar-refractivity contribution in [3.05, 3.63) is 35.4 Å². The van der Waals surface area contributed by atoms with E-state index < -0.39 is 17.8 Å². The van der Waals surface area contributed by atoms with E-state index in [1.807, 2.05) is 0 Å². The minimum atomic E-state index is -4.35. The topological polar surface area (TPSA) is 32.3 Å². The quantitative estimate of drug-likeness (QED) is 0.857. The normalized spacial score (nSPS) is 15.6. The lowest BCUT2D eigenvalue weighted by Crippen LogP contribution is -2.32. The Morgan fingerprint density at radius 3 is 2.35 bits per heavy atom. The summed E-state index contributed by atoms with van der Waals surface area (Å²) in [6.45, 7) is 3.25. The second kappa shape index (κ2) is 5.51. The van der Waals surface area contributed by atoms with Crippen molar-refractivity contribution < 1.29 is 18.3 Å². The predicted molar refractivity (Wildman–Crippen MR) is 59.5 cm³/mol. The SMILES string of the molecule is CC(N[C@H](C)CO)c1ccccc1C(F)(F)F. The van der Waals surface area contributed by atoms with Gasteiger partial charge in [-0.25, -0.2) is 0 Å². The molecule has 0 aromatic heterocycles. The zero-order chi connectivity index (χ0) is 13.1. The van der Waals surface area contributed by atoms with Crippen LogP contribution >= 0.6 is 0 Å². The van der Waals surface area contributed by atoms with Gasteiger partial charge in [-0.2, -0.15) is 13.2 Å². The molecule has 0 heterocycles. The Hall–Kier alpha value is -1.07. The second-order valence-corrected chi connectivity index (χ2v) is 4.06. The van der Waals surface area contributed by atoms with Gasteiger partial charge in [-0.15, -0.1) is 0 Å². The molecule has 2 N–H and O–H groups in total. The van der Waals surface area contributed by atoms with Crippen LogP contribution in [0.5, 0.6) is 0 Å². The van der Waals surface area contributed by atoms with Crippen molar-refractivity contribution in [2.24, 2.45) is 0 Å². The summed E-state index contributed by atoms with van der Waals surface area (Å²) in [5.74, 6) is 0. The molecular formula is C12H16F3NO. The van der Waals surface area contributed by atoms with Gasteiger partial charge in [0.2, 0.25) is 0 Å². The third kappa shape index (κ3) is 3.71. The summed E-state index contributed by atoms with van der Waals surface area (Å²) in [6, 6.07) is 4.75. The van der Waals surface area contributed by atoms with E-state index in [1.54, 1.807) is 19.9 Å². The number of aliphatic hydroxyl groups is 1. The molecule has 1 rings (SSSR count). The minimum absolute atomic E-state index is 0.113. The van der Waals surface area contributed by atoms with E-state index in [1.165, 1.54) is 12.1 Å². The molecule has 2 atom stereocenters. The Morgan fingerprint density at radius 2 is 1.82 bits per heavy atom. The maximum absolute atomic E-state index is 12.8. The zero-order valence-corrected chi connectivity index (χ0v) is 9.75. The van der Waals surface area contributed by atoms with Crippen LogP contribution in [0.2, 0.25) is 0 Å². The second-order valence-electron chi connectivity index (χ2n) is 4.06. The number of benzene rings is 1. The van der Waals surface area contributed by atoms with Gasteiger partial charge in [-0.3, -0.25) is 0 Å². The highest BCUT2D eigenvalue weighted by Crippen LogP contribution is 2.34. The molecule has 96 valence electrons. The van der Waals surface area contributed by atoms with Crippen LogP contribution < -0.4 is 5.32 Å². The molecule has 1 aromatic rings. The fourth-order valence-corrected chi connectivity index (χ4v) is 1.70. The molecule has 2 nitrogen and oxygen atoms in total. The molecule has 0 aliphatic rings. The van der Waals surface area contributed by atoms with Crippen LogP contribution in [0, 0.1) is 0 Å². The lowest BCUT2D eigenvalue weighted by Gasteiger charge is -2.22. The molecule has 1 aromatic carbocycles. The van der Waals surface area contributed by atoms with Gasteiger partial charge in [0, 0.05) is 12.1 Å². The van der Waals surface area contributed by atoms with Crippen LogP contribution in [-0.4, -0.2) is 17.8 Å². The van der Waals surface area contributed by atoms with Crippen LogP contribution in [0.1, 0.15) is 31.0 Å². The van der Waals surface area contributed by atoms with Crippen molar-refractivity contribution in [2.45, 2.75) is 32.1 Å². The van der Waals surface area contributed by atoms with E-state index in [4.69, 9.17) is 5.11 Å². The molecule has 0 bridgehead atoms. The summed E-state index contributed by atoms with van der Waals surface area (Å²) < 4.78 is 38.3. The maximum atomic E-state index is 12.8. The number of aliphatic hydroxyl groups excluding tert-OH is 1. The highest BCUT2D eigenvalue weighted by molar-refractivity contribution is 5.32. The van der Waals surface area contributed by atoms with Crippen molar-refractivity contribution >= 4 is 0 Å². The number of alkyl halides is 3. The van der Waals surface area contributed by atoms with Crippen LogP contribution in [0.4, 0.5) is 13.2 Å². The lowest BCUT2D eigenvalue weighted by molar-refractivity contribution is -0.138. The highest BCUT2D eigenvalue weighted by Gasteiger charge is 2.34. The third-order valence-electron chi connectivity index (χ3n) is 2.54. The number of halogens is 3. The molecule has 0 amide bonds. The van der Waals surface area contributed by atoms with Crippen molar-refractivity contribution in [2.75, 3.05) is 6.61 Å². The van der Waals surface area contributed by atoms with Crippen LogP contribution in [0.15, 0.2) is 24.3 Å². The Labute approximate surface area is 98.5 Å². The number of hydrogen-bond donors (Lipinski definition) is 2. The van der Waals surface area contributed by atoms with E-state index in [-0.39, 0.29) is 18.2 Å². The van der Waals surface area contributed by atoms with Gasteiger partial charge in [0.05, 0.1) is 12.2 Å². The molecule has 0 fully saturated rings. The van der Waals surface area contributed by atoms with Gasteiger partial charge in [0.1, 0.15) is 0 Å². The molecule has 0 aliphatic carbocycles. The smallest absolute Gasteiger partial charge is 0.395 e. The molecule has 0 saturated heterocycles. The first-order chi connectivity index (χ1) is 7.86. The molecule has 5 heteroatoms. The van der Waals surface area contributed by atoms with Crippen molar-refractivity contribution in [3.63, 3.8) is 0 Å². The average molecular weight is 247 g/mol. The average Bonchev–Trinajstić information content (AvgIpc) is 2.27. The molecule has 1 unspecified atom stereocenters. The fourth-order valence-electron chi connectivity index (χ4n) is 1.70. The summed E-state index contributed by atoms with van der Waals surface area (Å²) in [6.07, 6.45) is -4.35. The number of rotatable bonds is 4. The van der Waals surface area contributed by atoms with Crippen molar-refractivity contribution in [1.82, 2.24) is 5.32 Å². The number of hydrogen-bond acceptors (Lipinski definition) is 2. The summed E-state index contributed by atoms with van der Waals surface area (Å²) in [4.78, 5) is 0. The predicted octanol–water partition coefficient (Wildman–Crippen LogP) is 2.74. The van der Waals surface area contributed by atoms with Crippen LogP contribution in [0.3, 0.4) is 0 Å². The third-order valence-corrected chi connectivity index (χ3v) is 2.54. The first kappa shape index (κ1) is 14.0. The van der Waals surface area contributed by atoms with Gasteiger partial charge in [-0.05, 0) is 25.5 Å². The fraction of sp³-hybridized carbons (Fsp3) is 0.500. The molecular weight excluding hydrogens is 231 g/mol. The van der Waals surface area contributed by atoms with Crippen LogP contribution in [0.25, 0.3) is 0 Å². The van der Waals surface area contributed by atoms with E-state index in [9.17, 15) is 13.2 Å². The monoisotopic (exact) mass is 247 g/mol. The van der Waals surface area contributed by atoms with Gasteiger partial charge in [0.15, 0.2) is 0 Å². The molecule has 0 radical (unpaired) electrons. The zero-order valence-electron chi connectivity index (χ0n) is 9.75. The van der Waals surface area contributed by atoms with E-state index in [2.05, 4.69) is 5.32 Å². The van der Waals surface area contributed by atoms with E-state index >= 15 is 0 Å². The number of nitrogens with one attached hydrogen (secondary N) is 1. The largest absolute Gasteiger partial charge is 0.416 e. The highest BCUT2D eigenvalue weighted by atomic mass is 19.4. The first-order valence-corrected chi connectivity index (χ1v) is 5.39. The molecule has 0 spiro atoms. The van der Waals surface area contributed by atoms with E-state index in [0.717, 1.165) is 6.07 Å². The summed E-state index contributed by atoms with van der Waals surface area (Å²) >= 11 is 0. The molecule has 0 saturated carbocycles. The summed E-state index contributed by atoms with van der Waals surface area (Å²) in [5, 5.41) is 11.8. The van der Waals surface area contributed by atoms with Crippen LogP contribution in [-0.2, 0) is 6.18 Å². The summed E-state index contributed by atoms with van der Waals surface area (Å²) in [5.41, 5.74) is -0.439.